The Labute approximate surface area is 104 Å². The normalized spacial score (nSPS) is 13.1. The van der Waals surface area contributed by atoms with Gasteiger partial charge in [0.15, 0.2) is 0 Å². The van der Waals surface area contributed by atoms with E-state index in [-0.39, 0.29) is 22.7 Å². The van der Waals surface area contributed by atoms with Gasteiger partial charge in [-0.25, -0.2) is 0 Å². The van der Waals surface area contributed by atoms with Gasteiger partial charge in [-0.3, -0.25) is 4.98 Å². The van der Waals surface area contributed by atoms with Gasteiger partial charge < -0.3 is 0 Å². The third-order valence-corrected chi connectivity index (χ3v) is 2.58. The third-order valence-electron chi connectivity index (χ3n) is 1.67. The molecule has 0 aliphatic carbocycles. The van der Waals surface area contributed by atoms with Crippen molar-refractivity contribution in [3.8, 4) is 11.3 Å². The standard InChI is InChI=1S/C11H7Br2N/c12-9-3-1-8(2-4-9)11-6-5-10(13)7-14-11/h1-7H/i5D,6D,7D. The van der Waals surface area contributed by atoms with Gasteiger partial charge in [-0.1, -0.05) is 28.1 Å². The van der Waals surface area contributed by atoms with Crippen LogP contribution in [-0.2, 0) is 0 Å². The van der Waals surface area contributed by atoms with Crippen molar-refractivity contribution in [2.24, 2.45) is 0 Å². The van der Waals surface area contributed by atoms with Gasteiger partial charge in [0, 0.05) is 20.7 Å². The van der Waals surface area contributed by atoms with Crippen LogP contribution in [0.15, 0.2) is 51.5 Å². The second kappa shape index (κ2) is 4.24. The molecule has 1 nitrogen and oxygen atoms in total. The second-order valence-corrected chi connectivity index (χ2v) is 4.35. The molecule has 0 atom stereocenters. The van der Waals surface area contributed by atoms with Gasteiger partial charge in [0.25, 0.3) is 0 Å². The summed E-state index contributed by atoms with van der Waals surface area (Å²) in [5.74, 6) is 0. The van der Waals surface area contributed by atoms with E-state index in [2.05, 4.69) is 36.8 Å². The van der Waals surface area contributed by atoms with Crippen LogP contribution < -0.4 is 0 Å². The largest absolute Gasteiger partial charge is 0.255 e. The van der Waals surface area contributed by atoms with Crippen molar-refractivity contribution in [1.82, 2.24) is 4.98 Å². The van der Waals surface area contributed by atoms with Crippen molar-refractivity contribution in [3.63, 3.8) is 0 Å². The van der Waals surface area contributed by atoms with E-state index in [1.807, 2.05) is 12.1 Å². The molecule has 0 spiro atoms. The predicted octanol–water partition coefficient (Wildman–Crippen LogP) is 4.27. The average Bonchev–Trinajstić information content (AvgIpc) is 2.32. The van der Waals surface area contributed by atoms with Gasteiger partial charge in [0.05, 0.1) is 9.81 Å². The summed E-state index contributed by atoms with van der Waals surface area (Å²) in [7, 11) is 0. The maximum Gasteiger partial charge on any atom is 0.0852 e. The van der Waals surface area contributed by atoms with E-state index in [0.29, 0.717) is 5.69 Å². The molecule has 3 heteroatoms. The molecule has 0 unspecified atom stereocenters. The lowest BCUT2D eigenvalue weighted by Gasteiger charge is -2.00. The van der Waals surface area contributed by atoms with Crippen LogP contribution in [0.25, 0.3) is 11.3 Å². The van der Waals surface area contributed by atoms with Gasteiger partial charge in [0.1, 0.15) is 0 Å². The molecular weight excluding hydrogens is 306 g/mol. The first kappa shape index (κ1) is 6.75. The molecule has 2 aromatic rings. The smallest absolute Gasteiger partial charge is 0.0852 e. The number of halogens is 2. The van der Waals surface area contributed by atoms with Gasteiger partial charge in [-0.2, -0.15) is 0 Å². The zero-order chi connectivity index (χ0) is 12.6. The summed E-state index contributed by atoms with van der Waals surface area (Å²) < 4.78 is 24.4. The highest BCUT2D eigenvalue weighted by Gasteiger charge is 1.97. The summed E-state index contributed by atoms with van der Waals surface area (Å²) in [6.07, 6.45) is -0.0241. The fourth-order valence-corrected chi connectivity index (χ4v) is 1.47. The Kier molecular flexibility index (Phi) is 2.04. The Balaban J connectivity index is 2.64. The van der Waals surface area contributed by atoms with Crippen molar-refractivity contribution in [1.29, 1.82) is 0 Å². The molecule has 0 amide bonds. The molecule has 0 aliphatic rings. The monoisotopic (exact) mass is 314 g/mol. The minimum Gasteiger partial charge on any atom is -0.255 e. The van der Waals surface area contributed by atoms with E-state index in [0.717, 1.165) is 10.0 Å². The van der Waals surface area contributed by atoms with Crippen LogP contribution in [0.3, 0.4) is 0 Å². The molecule has 0 bridgehead atoms. The van der Waals surface area contributed by atoms with Crippen LogP contribution >= 0.6 is 31.9 Å². The minimum atomic E-state index is -0.0241. The second-order valence-electron chi connectivity index (χ2n) is 2.64. The summed E-state index contributed by atoms with van der Waals surface area (Å²) in [6, 6.07) is 7.30. The van der Waals surface area contributed by atoms with Crippen molar-refractivity contribution >= 4 is 31.9 Å². The van der Waals surface area contributed by atoms with Gasteiger partial charge in [0.2, 0.25) is 0 Å². The zero-order valence-electron chi connectivity index (χ0n) is 10.0. The molecule has 2 rings (SSSR count). The number of pyridine rings is 1. The van der Waals surface area contributed by atoms with Gasteiger partial charge in [-0.15, -0.1) is 0 Å². The molecule has 0 saturated heterocycles. The maximum absolute atomic E-state index is 7.85. The number of nitrogens with zero attached hydrogens (tertiary/aromatic N) is 1. The van der Waals surface area contributed by atoms with Gasteiger partial charge >= 0.3 is 0 Å². The van der Waals surface area contributed by atoms with E-state index in [9.17, 15) is 0 Å². The number of benzene rings is 1. The van der Waals surface area contributed by atoms with E-state index < -0.39 is 0 Å². The van der Waals surface area contributed by atoms with Gasteiger partial charge in [-0.05, 0) is 40.1 Å². The highest BCUT2D eigenvalue weighted by molar-refractivity contribution is 9.10. The molecule has 70 valence electrons. The minimum absolute atomic E-state index is 0.0112. The summed E-state index contributed by atoms with van der Waals surface area (Å²) >= 11 is 6.41. The highest BCUT2D eigenvalue weighted by Crippen LogP contribution is 2.20. The molecule has 1 aromatic carbocycles. The van der Waals surface area contributed by atoms with Crippen LogP contribution in [0.1, 0.15) is 4.11 Å². The molecule has 14 heavy (non-hydrogen) atoms. The van der Waals surface area contributed by atoms with Crippen LogP contribution in [0, 0.1) is 0 Å². The highest BCUT2D eigenvalue weighted by atomic mass is 79.9. The van der Waals surface area contributed by atoms with Crippen LogP contribution in [-0.4, -0.2) is 4.98 Å². The Morgan fingerprint density at radius 3 is 2.43 bits per heavy atom. The summed E-state index contributed by atoms with van der Waals surface area (Å²) in [4.78, 5) is 4.03. The molecule has 0 fully saturated rings. The fraction of sp³-hybridized carbons (Fsp3) is 0. The molecule has 1 heterocycles. The Hall–Kier alpha value is -0.670. The average molecular weight is 316 g/mol. The van der Waals surface area contributed by atoms with Crippen molar-refractivity contribution in [2.75, 3.05) is 0 Å². The lowest BCUT2D eigenvalue weighted by atomic mass is 10.1. The lowest BCUT2D eigenvalue weighted by Crippen LogP contribution is -1.81. The maximum atomic E-state index is 7.85. The molecule has 1 aromatic heterocycles. The number of hydrogen-bond donors (Lipinski definition) is 0. The topological polar surface area (TPSA) is 12.9 Å². The quantitative estimate of drug-likeness (QED) is 0.765. The first-order chi connectivity index (χ1) is 8.00. The Bertz CT molecular complexity index is 570. The molecule has 0 radical (unpaired) electrons. The van der Waals surface area contributed by atoms with E-state index in [1.165, 1.54) is 0 Å². The molecule has 0 aliphatic heterocycles. The van der Waals surface area contributed by atoms with Crippen molar-refractivity contribution in [2.45, 2.75) is 0 Å². The van der Waals surface area contributed by atoms with Crippen LogP contribution in [0.4, 0.5) is 0 Å². The van der Waals surface area contributed by atoms with Crippen molar-refractivity contribution < 1.29 is 4.11 Å². The SMILES string of the molecule is [2H]c1nc(-c2ccc(Br)cc2)c([2H])c([2H])c1Br. The first-order valence-electron chi connectivity index (χ1n) is 5.40. The Morgan fingerprint density at radius 1 is 1.00 bits per heavy atom. The first-order valence-corrected chi connectivity index (χ1v) is 5.48. The molecule has 0 N–H and O–H groups in total. The summed E-state index contributed by atoms with van der Waals surface area (Å²) in [6.45, 7) is 0. The number of hydrogen-bond acceptors (Lipinski definition) is 1. The third kappa shape index (κ3) is 2.22. The predicted molar refractivity (Wildman–Crippen MR) is 65.1 cm³/mol. The number of rotatable bonds is 1. The molecule has 0 saturated carbocycles. The van der Waals surface area contributed by atoms with E-state index >= 15 is 0 Å². The fourth-order valence-electron chi connectivity index (χ4n) is 1.02. The Morgan fingerprint density at radius 2 is 1.71 bits per heavy atom. The van der Waals surface area contributed by atoms with Crippen molar-refractivity contribution in [3.05, 3.63) is 51.5 Å². The van der Waals surface area contributed by atoms with Crippen LogP contribution in [0.2, 0.25) is 0 Å². The zero-order valence-corrected chi connectivity index (χ0v) is 10.2. The summed E-state index contributed by atoms with van der Waals surface area (Å²) in [5, 5.41) is 0. The van der Waals surface area contributed by atoms with E-state index in [1.54, 1.807) is 12.1 Å². The van der Waals surface area contributed by atoms with Crippen LogP contribution in [0.5, 0.6) is 0 Å². The van der Waals surface area contributed by atoms with E-state index in [4.69, 9.17) is 4.11 Å². The number of aromatic nitrogens is 1. The lowest BCUT2D eigenvalue weighted by molar-refractivity contribution is 1.31. The summed E-state index contributed by atoms with van der Waals surface area (Å²) in [5.41, 5.74) is 1.09. The molecular formula is C11H7Br2N.